The largest absolute Gasteiger partial charge is 0.338 e. The predicted molar refractivity (Wildman–Crippen MR) is 70.3 cm³/mol. The monoisotopic (exact) mass is 263 g/mol. The molecule has 1 amide bonds. The summed E-state index contributed by atoms with van der Waals surface area (Å²) in [6.07, 6.45) is 2.15. The molecule has 3 heterocycles. The van der Waals surface area contributed by atoms with Crippen LogP contribution in [-0.2, 0) is 24.3 Å². The van der Waals surface area contributed by atoms with Gasteiger partial charge in [-0.3, -0.25) is 4.79 Å². The van der Waals surface area contributed by atoms with Crippen molar-refractivity contribution >= 4 is 5.91 Å². The van der Waals surface area contributed by atoms with E-state index in [-0.39, 0.29) is 11.8 Å². The molecule has 1 N–H and O–H groups in total. The number of amides is 1. The lowest BCUT2D eigenvalue weighted by molar-refractivity contribution is -0.135. The van der Waals surface area contributed by atoms with Gasteiger partial charge in [0, 0.05) is 26.6 Å². The smallest absolute Gasteiger partial charge is 0.227 e. The first-order valence-electron chi connectivity index (χ1n) is 7.03. The average Bonchev–Trinajstić information content (AvgIpc) is 3.06. The van der Waals surface area contributed by atoms with Crippen LogP contribution in [0.2, 0.25) is 0 Å². The fourth-order valence-corrected chi connectivity index (χ4v) is 3.04. The number of nitrogens with zero attached hydrogens (tertiary/aromatic N) is 4. The Morgan fingerprint density at radius 3 is 3.05 bits per heavy atom. The van der Waals surface area contributed by atoms with Crippen LogP contribution in [0, 0.1) is 11.8 Å². The van der Waals surface area contributed by atoms with Crippen molar-refractivity contribution in [1.82, 2.24) is 25.0 Å². The second-order valence-corrected chi connectivity index (χ2v) is 5.72. The molecule has 1 fully saturated rings. The Hall–Kier alpha value is -1.43. The molecule has 0 bridgehead atoms. The Bertz CT molecular complexity index is 483. The number of hydrogen-bond acceptors (Lipinski definition) is 4. The van der Waals surface area contributed by atoms with Gasteiger partial charge in [-0.1, -0.05) is 6.92 Å². The highest BCUT2D eigenvalue weighted by atomic mass is 16.2. The maximum Gasteiger partial charge on any atom is 0.227 e. The lowest BCUT2D eigenvalue weighted by Gasteiger charge is -2.22. The fraction of sp³-hybridized carbons (Fsp3) is 0.769. The van der Waals surface area contributed by atoms with Crippen molar-refractivity contribution in [3.63, 3.8) is 0 Å². The van der Waals surface area contributed by atoms with Gasteiger partial charge in [-0.05, 0) is 18.9 Å². The molecule has 1 saturated heterocycles. The molecule has 0 aromatic carbocycles. The SMILES string of the molecule is CC1CNCC1C(=O)N(C)Cc1nnc2n1CCC2. The van der Waals surface area contributed by atoms with E-state index < -0.39 is 0 Å². The molecule has 19 heavy (non-hydrogen) atoms. The maximum absolute atomic E-state index is 12.4. The molecule has 6 nitrogen and oxygen atoms in total. The van der Waals surface area contributed by atoms with Crippen LogP contribution in [0.15, 0.2) is 0 Å². The van der Waals surface area contributed by atoms with Crippen LogP contribution in [0.3, 0.4) is 0 Å². The second-order valence-electron chi connectivity index (χ2n) is 5.72. The Labute approximate surface area is 113 Å². The van der Waals surface area contributed by atoms with Crippen LogP contribution < -0.4 is 5.32 Å². The van der Waals surface area contributed by atoms with Crippen molar-refractivity contribution < 1.29 is 4.79 Å². The van der Waals surface area contributed by atoms with E-state index in [1.165, 1.54) is 0 Å². The van der Waals surface area contributed by atoms with Gasteiger partial charge < -0.3 is 14.8 Å². The minimum atomic E-state index is 0.103. The van der Waals surface area contributed by atoms with Gasteiger partial charge in [0.2, 0.25) is 5.91 Å². The number of hydrogen-bond donors (Lipinski definition) is 1. The molecule has 0 radical (unpaired) electrons. The standard InChI is InChI=1S/C13H21N5O/c1-9-6-14-7-10(9)13(19)17(2)8-12-16-15-11-4-3-5-18(11)12/h9-10,14H,3-8H2,1-2H3. The van der Waals surface area contributed by atoms with E-state index in [1.807, 2.05) is 7.05 Å². The van der Waals surface area contributed by atoms with Crippen LogP contribution >= 0.6 is 0 Å². The first kappa shape index (κ1) is 12.6. The summed E-state index contributed by atoms with van der Waals surface area (Å²) in [4.78, 5) is 14.2. The maximum atomic E-state index is 12.4. The lowest BCUT2D eigenvalue weighted by Crippen LogP contribution is -2.36. The zero-order chi connectivity index (χ0) is 13.4. The van der Waals surface area contributed by atoms with Crippen molar-refractivity contribution in [3.8, 4) is 0 Å². The molecule has 3 rings (SSSR count). The van der Waals surface area contributed by atoms with Crippen LogP contribution in [0.25, 0.3) is 0 Å². The van der Waals surface area contributed by atoms with Crippen molar-refractivity contribution in [2.24, 2.45) is 11.8 Å². The highest BCUT2D eigenvalue weighted by molar-refractivity contribution is 5.79. The van der Waals surface area contributed by atoms with E-state index in [9.17, 15) is 4.79 Å². The minimum absolute atomic E-state index is 0.103. The Balaban J connectivity index is 1.67. The second kappa shape index (κ2) is 4.92. The van der Waals surface area contributed by atoms with Gasteiger partial charge in [0.05, 0.1) is 12.5 Å². The summed E-state index contributed by atoms with van der Waals surface area (Å²) in [6, 6.07) is 0. The summed E-state index contributed by atoms with van der Waals surface area (Å²) in [5, 5.41) is 11.7. The molecule has 104 valence electrons. The summed E-state index contributed by atoms with van der Waals surface area (Å²) in [7, 11) is 1.87. The third-order valence-corrected chi connectivity index (χ3v) is 4.28. The zero-order valence-corrected chi connectivity index (χ0v) is 11.6. The molecule has 0 spiro atoms. The highest BCUT2D eigenvalue weighted by Crippen LogP contribution is 2.20. The first-order chi connectivity index (χ1) is 9.16. The van der Waals surface area contributed by atoms with Crippen molar-refractivity contribution in [1.29, 1.82) is 0 Å². The molecule has 0 aliphatic carbocycles. The quantitative estimate of drug-likeness (QED) is 0.836. The van der Waals surface area contributed by atoms with Crippen molar-refractivity contribution in [2.45, 2.75) is 32.9 Å². The number of aromatic nitrogens is 3. The molecule has 2 aliphatic rings. The van der Waals surface area contributed by atoms with E-state index in [1.54, 1.807) is 4.90 Å². The van der Waals surface area contributed by atoms with E-state index in [2.05, 4.69) is 27.0 Å². The number of carbonyl (C=O) groups excluding carboxylic acids is 1. The Morgan fingerprint density at radius 1 is 1.47 bits per heavy atom. The molecule has 2 unspecified atom stereocenters. The van der Waals surface area contributed by atoms with E-state index in [4.69, 9.17) is 0 Å². The van der Waals surface area contributed by atoms with Gasteiger partial charge in [0.1, 0.15) is 5.82 Å². The number of nitrogens with one attached hydrogen (secondary N) is 1. The number of aryl methyl sites for hydroxylation is 1. The highest BCUT2D eigenvalue weighted by Gasteiger charge is 2.32. The molecule has 0 saturated carbocycles. The summed E-state index contributed by atoms with van der Waals surface area (Å²) < 4.78 is 2.15. The van der Waals surface area contributed by atoms with Crippen LogP contribution in [-0.4, -0.2) is 45.7 Å². The molecular formula is C13H21N5O. The third kappa shape index (κ3) is 2.25. The molecule has 2 aliphatic heterocycles. The van der Waals surface area contributed by atoms with E-state index >= 15 is 0 Å². The summed E-state index contributed by atoms with van der Waals surface area (Å²) in [5.41, 5.74) is 0. The van der Waals surface area contributed by atoms with Gasteiger partial charge in [-0.25, -0.2) is 0 Å². The molecule has 1 aromatic rings. The number of rotatable bonds is 3. The Kier molecular flexibility index (Phi) is 3.26. The topological polar surface area (TPSA) is 63.1 Å². The molecule has 1 aromatic heterocycles. The first-order valence-corrected chi connectivity index (χ1v) is 7.03. The Morgan fingerprint density at radius 2 is 2.32 bits per heavy atom. The van der Waals surface area contributed by atoms with Gasteiger partial charge >= 0.3 is 0 Å². The normalized spacial score (nSPS) is 25.6. The predicted octanol–water partition coefficient (Wildman–Crippen LogP) is 0.0382. The summed E-state index contributed by atoms with van der Waals surface area (Å²) >= 11 is 0. The van der Waals surface area contributed by atoms with E-state index in [0.29, 0.717) is 12.5 Å². The molecule has 2 atom stereocenters. The zero-order valence-electron chi connectivity index (χ0n) is 11.6. The van der Waals surface area contributed by atoms with Gasteiger partial charge in [-0.2, -0.15) is 0 Å². The lowest BCUT2D eigenvalue weighted by atomic mass is 9.97. The van der Waals surface area contributed by atoms with Crippen LogP contribution in [0.1, 0.15) is 25.0 Å². The van der Waals surface area contributed by atoms with Crippen LogP contribution in [0.4, 0.5) is 0 Å². The molecular weight excluding hydrogens is 242 g/mol. The van der Waals surface area contributed by atoms with Crippen molar-refractivity contribution in [3.05, 3.63) is 11.6 Å². The van der Waals surface area contributed by atoms with Gasteiger partial charge in [0.15, 0.2) is 5.82 Å². The van der Waals surface area contributed by atoms with E-state index in [0.717, 1.165) is 44.1 Å². The molecule has 6 heteroatoms. The minimum Gasteiger partial charge on any atom is -0.338 e. The fourth-order valence-electron chi connectivity index (χ4n) is 3.04. The summed E-state index contributed by atoms with van der Waals surface area (Å²) in [6.45, 7) is 5.41. The summed E-state index contributed by atoms with van der Waals surface area (Å²) in [5.74, 6) is 2.71. The third-order valence-electron chi connectivity index (χ3n) is 4.28. The number of fused-ring (bicyclic) bond motifs is 1. The average molecular weight is 263 g/mol. The van der Waals surface area contributed by atoms with Crippen LogP contribution in [0.5, 0.6) is 0 Å². The van der Waals surface area contributed by atoms with Gasteiger partial charge in [-0.15, -0.1) is 10.2 Å². The van der Waals surface area contributed by atoms with Crippen molar-refractivity contribution in [2.75, 3.05) is 20.1 Å². The van der Waals surface area contributed by atoms with Gasteiger partial charge in [0.25, 0.3) is 0 Å². The number of carbonyl (C=O) groups is 1.